The summed E-state index contributed by atoms with van der Waals surface area (Å²) in [5.41, 5.74) is 1.85. The van der Waals surface area contributed by atoms with Crippen LogP contribution in [-0.2, 0) is 22.6 Å². The molecule has 2 amide bonds. The van der Waals surface area contributed by atoms with E-state index in [0.717, 1.165) is 11.1 Å². The Morgan fingerprint density at radius 2 is 1.70 bits per heavy atom. The molecule has 0 aliphatic heterocycles. The lowest BCUT2D eigenvalue weighted by atomic mass is 10.1. The van der Waals surface area contributed by atoms with Crippen LogP contribution in [0.4, 0.5) is 0 Å². The average molecular weight is 415 g/mol. The molecule has 0 aromatic heterocycles. The van der Waals surface area contributed by atoms with Gasteiger partial charge < -0.3 is 24.4 Å². The maximum atomic E-state index is 13.1. The third kappa shape index (κ3) is 5.89. The number of hydrogen-bond donors (Lipinski definition) is 1. The minimum Gasteiger partial charge on any atom is -0.497 e. The van der Waals surface area contributed by atoms with Gasteiger partial charge in [0.2, 0.25) is 11.8 Å². The molecule has 1 atom stereocenters. The van der Waals surface area contributed by atoms with Crippen LogP contribution in [0.5, 0.6) is 17.2 Å². The Labute approximate surface area is 177 Å². The van der Waals surface area contributed by atoms with Crippen molar-refractivity contribution in [3.63, 3.8) is 0 Å². The number of likely N-dealkylation sites (N-methyl/N-ethyl adjacent to an activating group) is 1. The second kappa shape index (κ2) is 11.1. The van der Waals surface area contributed by atoms with Crippen molar-refractivity contribution in [3.05, 3.63) is 53.6 Å². The second-order valence-corrected chi connectivity index (χ2v) is 6.85. The lowest BCUT2D eigenvalue weighted by molar-refractivity contribution is -0.140. The summed E-state index contributed by atoms with van der Waals surface area (Å²) < 4.78 is 15.9. The molecule has 0 aliphatic carbocycles. The molecule has 0 radical (unpaired) electrons. The molecular formula is C23H30N2O5. The third-order valence-electron chi connectivity index (χ3n) is 4.98. The van der Waals surface area contributed by atoms with Crippen LogP contribution in [0.2, 0.25) is 0 Å². The van der Waals surface area contributed by atoms with Gasteiger partial charge in [-0.25, -0.2) is 0 Å². The molecule has 2 rings (SSSR count). The third-order valence-corrected chi connectivity index (χ3v) is 4.98. The smallest absolute Gasteiger partial charge is 0.242 e. The zero-order chi connectivity index (χ0) is 22.1. The molecule has 0 unspecified atom stereocenters. The van der Waals surface area contributed by atoms with Crippen LogP contribution in [0.1, 0.15) is 24.5 Å². The first-order valence-electron chi connectivity index (χ1n) is 9.78. The molecule has 7 nitrogen and oxygen atoms in total. The van der Waals surface area contributed by atoms with Gasteiger partial charge in [0.25, 0.3) is 0 Å². The van der Waals surface area contributed by atoms with Crippen LogP contribution in [0.25, 0.3) is 0 Å². The van der Waals surface area contributed by atoms with Gasteiger partial charge in [0.05, 0.1) is 21.3 Å². The van der Waals surface area contributed by atoms with Crippen molar-refractivity contribution in [2.45, 2.75) is 32.4 Å². The van der Waals surface area contributed by atoms with E-state index >= 15 is 0 Å². The monoisotopic (exact) mass is 414 g/mol. The quantitative estimate of drug-likeness (QED) is 0.647. The van der Waals surface area contributed by atoms with E-state index in [9.17, 15) is 9.59 Å². The van der Waals surface area contributed by atoms with Crippen LogP contribution in [0.15, 0.2) is 42.5 Å². The van der Waals surface area contributed by atoms with E-state index in [1.54, 1.807) is 40.2 Å². The van der Waals surface area contributed by atoms with Crippen LogP contribution in [0, 0.1) is 0 Å². The number of methoxy groups -OCH3 is 3. The summed E-state index contributed by atoms with van der Waals surface area (Å²) in [7, 11) is 6.32. The van der Waals surface area contributed by atoms with Crippen LogP contribution < -0.4 is 19.5 Å². The topological polar surface area (TPSA) is 77.1 Å². The fourth-order valence-electron chi connectivity index (χ4n) is 3.19. The van der Waals surface area contributed by atoms with Crippen molar-refractivity contribution < 1.29 is 23.8 Å². The van der Waals surface area contributed by atoms with E-state index in [2.05, 4.69) is 5.32 Å². The molecule has 2 aromatic carbocycles. The Morgan fingerprint density at radius 1 is 0.967 bits per heavy atom. The summed E-state index contributed by atoms with van der Waals surface area (Å²) in [5.74, 6) is 1.65. The minimum absolute atomic E-state index is 0.108. The number of benzene rings is 2. The Kier molecular flexibility index (Phi) is 8.53. The number of ether oxygens (including phenoxy) is 3. The number of nitrogens with one attached hydrogen (secondary N) is 1. The van der Waals surface area contributed by atoms with Crippen LogP contribution in [0.3, 0.4) is 0 Å². The van der Waals surface area contributed by atoms with Crippen molar-refractivity contribution >= 4 is 11.8 Å². The molecule has 30 heavy (non-hydrogen) atoms. The van der Waals surface area contributed by atoms with Crippen molar-refractivity contribution in [1.29, 1.82) is 0 Å². The zero-order valence-corrected chi connectivity index (χ0v) is 18.2. The minimum atomic E-state index is -0.598. The number of amides is 2. The Morgan fingerprint density at radius 3 is 2.33 bits per heavy atom. The highest BCUT2D eigenvalue weighted by Gasteiger charge is 2.25. The van der Waals surface area contributed by atoms with E-state index in [4.69, 9.17) is 14.2 Å². The largest absolute Gasteiger partial charge is 0.497 e. The van der Waals surface area contributed by atoms with E-state index in [0.29, 0.717) is 30.2 Å². The summed E-state index contributed by atoms with van der Waals surface area (Å²) in [6, 6.07) is 12.5. The maximum Gasteiger partial charge on any atom is 0.242 e. The molecule has 0 spiro atoms. The highest BCUT2D eigenvalue weighted by molar-refractivity contribution is 5.87. The predicted octanol–water partition coefficient (Wildman–Crippen LogP) is 2.81. The zero-order valence-electron chi connectivity index (χ0n) is 18.2. The average Bonchev–Trinajstić information content (AvgIpc) is 2.79. The number of nitrogens with zero attached hydrogens (tertiary/aromatic N) is 1. The first kappa shape index (κ1) is 23.1. The van der Waals surface area contributed by atoms with Crippen molar-refractivity contribution in [2.75, 3.05) is 28.4 Å². The summed E-state index contributed by atoms with van der Waals surface area (Å²) in [5, 5.41) is 2.62. The van der Waals surface area contributed by atoms with Gasteiger partial charge in [0.15, 0.2) is 11.5 Å². The lowest BCUT2D eigenvalue weighted by Crippen LogP contribution is -2.46. The van der Waals surface area contributed by atoms with Gasteiger partial charge in [-0.2, -0.15) is 0 Å². The fraction of sp³-hybridized carbons (Fsp3) is 0.391. The summed E-state index contributed by atoms with van der Waals surface area (Å²) in [6.45, 7) is 2.05. The lowest BCUT2D eigenvalue weighted by Gasteiger charge is -2.28. The van der Waals surface area contributed by atoms with Gasteiger partial charge in [-0.15, -0.1) is 0 Å². The van der Waals surface area contributed by atoms with Gasteiger partial charge in [-0.05, 0) is 48.7 Å². The van der Waals surface area contributed by atoms with Gasteiger partial charge in [0.1, 0.15) is 11.8 Å². The number of aryl methyl sites for hydroxylation is 1. The first-order valence-corrected chi connectivity index (χ1v) is 9.78. The molecule has 0 saturated heterocycles. The SMILES string of the molecule is CNC(=O)[C@H](C)N(Cc1cccc(OC)c1)C(=O)CCc1ccc(OC)c(OC)c1. The Bertz CT molecular complexity index is 868. The van der Waals surface area contributed by atoms with Crippen molar-refractivity contribution in [3.8, 4) is 17.2 Å². The predicted molar refractivity (Wildman–Crippen MR) is 115 cm³/mol. The van der Waals surface area contributed by atoms with Crippen LogP contribution in [-0.4, -0.2) is 51.1 Å². The molecule has 1 N–H and O–H groups in total. The molecule has 0 aliphatic rings. The molecule has 0 fully saturated rings. The van der Waals surface area contributed by atoms with E-state index in [1.807, 2.05) is 42.5 Å². The van der Waals surface area contributed by atoms with Gasteiger partial charge >= 0.3 is 0 Å². The van der Waals surface area contributed by atoms with E-state index in [1.165, 1.54) is 0 Å². The molecule has 2 aromatic rings. The van der Waals surface area contributed by atoms with Crippen molar-refractivity contribution in [2.24, 2.45) is 0 Å². The van der Waals surface area contributed by atoms with Gasteiger partial charge in [-0.3, -0.25) is 9.59 Å². The highest BCUT2D eigenvalue weighted by Crippen LogP contribution is 2.28. The number of carbonyl (C=O) groups excluding carboxylic acids is 2. The molecule has 0 bridgehead atoms. The van der Waals surface area contributed by atoms with E-state index in [-0.39, 0.29) is 18.2 Å². The number of carbonyl (C=O) groups is 2. The molecule has 162 valence electrons. The number of hydrogen-bond acceptors (Lipinski definition) is 5. The summed E-state index contributed by atoms with van der Waals surface area (Å²) >= 11 is 0. The Balaban J connectivity index is 2.16. The highest BCUT2D eigenvalue weighted by atomic mass is 16.5. The van der Waals surface area contributed by atoms with Gasteiger partial charge in [-0.1, -0.05) is 18.2 Å². The van der Waals surface area contributed by atoms with Gasteiger partial charge in [0, 0.05) is 20.0 Å². The van der Waals surface area contributed by atoms with Crippen LogP contribution >= 0.6 is 0 Å². The second-order valence-electron chi connectivity index (χ2n) is 6.85. The standard InChI is InChI=1S/C23H30N2O5/c1-16(23(27)24-2)25(15-18-7-6-8-19(13-18)28-3)22(26)12-10-17-9-11-20(29-4)21(14-17)30-5/h6-9,11,13-14,16H,10,12,15H2,1-5H3,(H,24,27)/t16-/m0/s1. The maximum absolute atomic E-state index is 13.1. The molecule has 7 heteroatoms. The Hall–Kier alpha value is -3.22. The normalized spacial score (nSPS) is 11.4. The van der Waals surface area contributed by atoms with E-state index < -0.39 is 6.04 Å². The summed E-state index contributed by atoms with van der Waals surface area (Å²) in [6.07, 6.45) is 0.787. The van der Waals surface area contributed by atoms with Crippen molar-refractivity contribution in [1.82, 2.24) is 10.2 Å². The fourth-order valence-corrected chi connectivity index (χ4v) is 3.19. The number of rotatable bonds is 10. The molecule has 0 saturated carbocycles. The first-order chi connectivity index (χ1) is 14.4. The molecule has 0 heterocycles. The summed E-state index contributed by atoms with van der Waals surface area (Å²) in [4.78, 5) is 26.9. The molecular weight excluding hydrogens is 384 g/mol.